The quantitative estimate of drug-likeness (QED) is 0.704. The summed E-state index contributed by atoms with van der Waals surface area (Å²) in [5.74, 6) is 0. The van der Waals surface area contributed by atoms with Gasteiger partial charge in [-0.05, 0) is 44.3 Å². The molecule has 0 aliphatic carbocycles. The molecule has 17 heavy (non-hydrogen) atoms. The molecule has 0 unspecified atom stereocenters. The van der Waals surface area contributed by atoms with Crippen molar-refractivity contribution in [2.24, 2.45) is 4.99 Å². The Morgan fingerprint density at radius 3 is 2.47 bits per heavy atom. The summed E-state index contributed by atoms with van der Waals surface area (Å²) in [5, 5.41) is 0. The van der Waals surface area contributed by atoms with Gasteiger partial charge < -0.3 is 0 Å². The number of hydrogen-bond acceptors (Lipinski definition) is 2. The SMILES string of the molecule is C=Nc1ccccc1Sc1ccc(C)cc1C. The molecule has 0 radical (unpaired) electrons. The predicted octanol–water partition coefficient (Wildman–Crippen LogP) is 4.79. The van der Waals surface area contributed by atoms with E-state index in [1.165, 1.54) is 16.0 Å². The van der Waals surface area contributed by atoms with Crippen LogP contribution in [0.1, 0.15) is 11.1 Å². The first-order chi connectivity index (χ1) is 8.20. The second kappa shape index (κ2) is 5.19. The zero-order chi connectivity index (χ0) is 12.3. The minimum absolute atomic E-state index is 0.942. The van der Waals surface area contributed by atoms with E-state index in [9.17, 15) is 0 Å². The molecule has 0 atom stereocenters. The van der Waals surface area contributed by atoms with E-state index in [-0.39, 0.29) is 0 Å². The molecule has 0 aliphatic rings. The zero-order valence-electron chi connectivity index (χ0n) is 10.1. The van der Waals surface area contributed by atoms with Crippen LogP contribution >= 0.6 is 11.8 Å². The maximum atomic E-state index is 4.04. The average Bonchev–Trinajstić information content (AvgIpc) is 2.33. The van der Waals surface area contributed by atoms with E-state index in [0.717, 1.165) is 10.6 Å². The Labute approximate surface area is 107 Å². The van der Waals surface area contributed by atoms with Crippen molar-refractivity contribution in [2.45, 2.75) is 23.6 Å². The number of aryl methyl sites for hydroxylation is 2. The van der Waals surface area contributed by atoms with Gasteiger partial charge in [-0.1, -0.05) is 41.6 Å². The summed E-state index contributed by atoms with van der Waals surface area (Å²) < 4.78 is 0. The molecule has 1 nitrogen and oxygen atoms in total. The topological polar surface area (TPSA) is 12.4 Å². The van der Waals surface area contributed by atoms with Crippen LogP contribution in [0.5, 0.6) is 0 Å². The molecule has 2 heteroatoms. The molecule has 2 rings (SSSR count). The van der Waals surface area contributed by atoms with Gasteiger partial charge in [0, 0.05) is 9.79 Å². The minimum atomic E-state index is 0.942. The molecule has 0 saturated heterocycles. The summed E-state index contributed by atoms with van der Waals surface area (Å²) in [5.41, 5.74) is 3.54. The lowest BCUT2D eigenvalue weighted by Gasteiger charge is -2.08. The third kappa shape index (κ3) is 2.77. The van der Waals surface area contributed by atoms with Crippen molar-refractivity contribution in [2.75, 3.05) is 0 Å². The lowest BCUT2D eigenvalue weighted by Crippen LogP contribution is -1.82. The van der Waals surface area contributed by atoms with Crippen LogP contribution in [0.15, 0.2) is 57.2 Å². The lowest BCUT2D eigenvalue weighted by molar-refractivity contribution is 1.25. The van der Waals surface area contributed by atoms with Gasteiger partial charge in [0.15, 0.2) is 0 Å². The molecule has 0 fully saturated rings. The second-order valence-corrected chi connectivity index (χ2v) is 5.08. The zero-order valence-corrected chi connectivity index (χ0v) is 10.9. The van der Waals surface area contributed by atoms with Gasteiger partial charge in [0.25, 0.3) is 0 Å². The molecule has 0 heterocycles. The highest BCUT2D eigenvalue weighted by molar-refractivity contribution is 7.99. The number of hydrogen-bond donors (Lipinski definition) is 0. The second-order valence-electron chi connectivity index (χ2n) is 4.00. The molecule has 2 aromatic rings. The number of para-hydroxylation sites is 1. The minimum Gasteiger partial charge on any atom is -0.263 e. The molecular formula is C15H15NS. The van der Waals surface area contributed by atoms with Gasteiger partial charge >= 0.3 is 0 Å². The van der Waals surface area contributed by atoms with E-state index in [0.29, 0.717) is 0 Å². The maximum absolute atomic E-state index is 4.04. The van der Waals surface area contributed by atoms with Crippen LogP contribution in [0.2, 0.25) is 0 Å². The van der Waals surface area contributed by atoms with Crippen molar-refractivity contribution in [3.8, 4) is 0 Å². The van der Waals surface area contributed by atoms with Crippen LogP contribution in [-0.2, 0) is 0 Å². The number of benzene rings is 2. The van der Waals surface area contributed by atoms with Gasteiger partial charge in [0.05, 0.1) is 5.69 Å². The Hall–Kier alpha value is -1.54. The third-order valence-electron chi connectivity index (χ3n) is 2.59. The van der Waals surface area contributed by atoms with Crippen molar-refractivity contribution < 1.29 is 0 Å². The molecule has 86 valence electrons. The molecule has 0 saturated carbocycles. The molecule has 0 spiro atoms. The lowest BCUT2D eigenvalue weighted by atomic mass is 10.2. The van der Waals surface area contributed by atoms with Gasteiger partial charge in [-0.25, -0.2) is 0 Å². The van der Waals surface area contributed by atoms with Crippen LogP contribution in [-0.4, -0.2) is 6.72 Å². The van der Waals surface area contributed by atoms with Crippen LogP contribution in [0, 0.1) is 13.8 Å². The number of aliphatic imine (C=N–C) groups is 1. The monoisotopic (exact) mass is 241 g/mol. The first-order valence-corrected chi connectivity index (χ1v) is 6.33. The predicted molar refractivity (Wildman–Crippen MR) is 75.7 cm³/mol. The summed E-state index contributed by atoms with van der Waals surface area (Å²) in [7, 11) is 0. The fraction of sp³-hybridized carbons (Fsp3) is 0.133. The van der Waals surface area contributed by atoms with Gasteiger partial charge in [0.1, 0.15) is 0 Å². The number of nitrogens with zero attached hydrogens (tertiary/aromatic N) is 1. The van der Waals surface area contributed by atoms with E-state index in [1.54, 1.807) is 11.8 Å². The van der Waals surface area contributed by atoms with Crippen LogP contribution in [0.25, 0.3) is 0 Å². The largest absolute Gasteiger partial charge is 0.263 e. The maximum Gasteiger partial charge on any atom is 0.0761 e. The van der Waals surface area contributed by atoms with Gasteiger partial charge in [0.2, 0.25) is 0 Å². The highest BCUT2D eigenvalue weighted by atomic mass is 32.2. The highest BCUT2D eigenvalue weighted by Gasteiger charge is 2.04. The molecule has 0 aromatic heterocycles. The molecule has 0 amide bonds. The van der Waals surface area contributed by atoms with Crippen molar-refractivity contribution in [3.05, 3.63) is 53.6 Å². The fourth-order valence-corrected chi connectivity index (χ4v) is 2.68. The van der Waals surface area contributed by atoms with E-state index in [4.69, 9.17) is 0 Å². The third-order valence-corrected chi connectivity index (χ3v) is 3.83. The standard InChI is InChI=1S/C15H15NS/c1-11-8-9-14(12(2)10-11)17-15-7-5-4-6-13(15)16-3/h4-10H,3H2,1-2H3. The van der Waals surface area contributed by atoms with Crippen molar-refractivity contribution in [1.82, 2.24) is 0 Å². The smallest absolute Gasteiger partial charge is 0.0761 e. The Morgan fingerprint density at radius 1 is 1.00 bits per heavy atom. The van der Waals surface area contributed by atoms with E-state index in [2.05, 4.69) is 49.8 Å². The Morgan fingerprint density at radius 2 is 1.76 bits per heavy atom. The van der Waals surface area contributed by atoms with E-state index >= 15 is 0 Å². The van der Waals surface area contributed by atoms with Gasteiger partial charge in [-0.3, -0.25) is 4.99 Å². The van der Waals surface area contributed by atoms with Crippen molar-refractivity contribution in [1.29, 1.82) is 0 Å². The van der Waals surface area contributed by atoms with E-state index < -0.39 is 0 Å². The summed E-state index contributed by atoms with van der Waals surface area (Å²) in [4.78, 5) is 6.46. The molecular weight excluding hydrogens is 226 g/mol. The first kappa shape index (κ1) is 11.9. The fourth-order valence-electron chi connectivity index (χ4n) is 1.71. The van der Waals surface area contributed by atoms with Gasteiger partial charge in [-0.2, -0.15) is 0 Å². The molecule has 0 N–H and O–H groups in total. The Balaban J connectivity index is 2.34. The van der Waals surface area contributed by atoms with Crippen molar-refractivity contribution >= 4 is 24.2 Å². The summed E-state index contributed by atoms with van der Waals surface area (Å²) >= 11 is 1.74. The summed E-state index contributed by atoms with van der Waals surface area (Å²) in [6.07, 6.45) is 0. The van der Waals surface area contributed by atoms with Crippen LogP contribution in [0.4, 0.5) is 5.69 Å². The van der Waals surface area contributed by atoms with Gasteiger partial charge in [-0.15, -0.1) is 0 Å². The summed E-state index contributed by atoms with van der Waals surface area (Å²) in [6.45, 7) is 7.86. The molecule has 0 bridgehead atoms. The van der Waals surface area contributed by atoms with Crippen LogP contribution < -0.4 is 0 Å². The first-order valence-electron chi connectivity index (χ1n) is 5.51. The number of rotatable bonds is 3. The average molecular weight is 241 g/mol. The Kier molecular flexibility index (Phi) is 3.64. The van der Waals surface area contributed by atoms with E-state index in [1.807, 2.05) is 18.2 Å². The molecule has 2 aromatic carbocycles. The normalized spacial score (nSPS) is 10.2. The highest BCUT2D eigenvalue weighted by Crippen LogP contribution is 2.36. The Bertz CT molecular complexity index is 546. The summed E-state index contributed by atoms with van der Waals surface area (Å²) in [6, 6.07) is 14.6. The molecule has 0 aliphatic heterocycles. The van der Waals surface area contributed by atoms with Crippen LogP contribution in [0.3, 0.4) is 0 Å². The van der Waals surface area contributed by atoms with Crippen molar-refractivity contribution in [3.63, 3.8) is 0 Å².